The fourth-order valence-electron chi connectivity index (χ4n) is 1.69. The van der Waals surface area contributed by atoms with Gasteiger partial charge in [-0.2, -0.15) is 0 Å². The summed E-state index contributed by atoms with van der Waals surface area (Å²) in [6, 6.07) is 0. The summed E-state index contributed by atoms with van der Waals surface area (Å²) in [4.78, 5) is 11.0. The second-order valence-electron chi connectivity index (χ2n) is 3.54. The largest absolute Gasteiger partial charge is 0.499 e. The van der Waals surface area contributed by atoms with Crippen LogP contribution in [0.15, 0.2) is 12.8 Å². The van der Waals surface area contributed by atoms with E-state index < -0.39 is 0 Å². The first-order valence-corrected chi connectivity index (χ1v) is 5.22. The van der Waals surface area contributed by atoms with Crippen molar-refractivity contribution < 1.29 is 14.3 Å². The summed E-state index contributed by atoms with van der Waals surface area (Å²) < 4.78 is 10.5. The number of esters is 1. The average Bonchev–Trinajstić information content (AvgIpc) is 2.21. The van der Waals surface area contributed by atoms with Gasteiger partial charge in [-0.3, -0.25) is 4.79 Å². The molecule has 14 heavy (non-hydrogen) atoms. The predicted octanol–water partition coefficient (Wildman–Crippen LogP) is 2.41. The lowest BCUT2D eigenvalue weighted by Crippen LogP contribution is -2.27. The van der Waals surface area contributed by atoms with E-state index in [0.29, 0.717) is 6.42 Å². The predicted molar refractivity (Wildman–Crippen MR) is 53.7 cm³/mol. The molecule has 0 saturated heterocycles. The number of carbonyl (C=O) groups is 1. The van der Waals surface area contributed by atoms with Gasteiger partial charge < -0.3 is 9.47 Å². The van der Waals surface area contributed by atoms with E-state index in [9.17, 15) is 4.79 Å². The zero-order valence-corrected chi connectivity index (χ0v) is 8.70. The van der Waals surface area contributed by atoms with E-state index in [1.54, 1.807) is 0 Å². The zero-order valence-electron chi connectivity index (χ0n) is 8.70. The van der Waals surface area contributed by atoms with Crippen molar-refractivity contribution in [2.45, 2.75) is 51.2 Å². The Kier molecular flexibility index (Phi) is 4.50. The van der Waals surface area contributed by atoms with E-state index in [0.717, 1.165) is 25.7 Å². The maximum Gasteiger partial charge on any atom is 0.305 e. The Morgan fingerprint density at radius 2 is 1.93 bits per heavy atom. The molecule has 0 unspecified atom stereocenters. The van der Waals surface area contributed by atoms with Crippen molar-refractivity contribution in [3.05, 3.63) is 12.8 Å². The highest BCUT2D eigenvalue weighted by atomic mass is 16.5. The van der Waals surface area contributed by atoms with Crippen molar-refractivity contribution in [3.8, 4) is 0 Å². The molecule has 80 valence electrons. The number of carbonyl (C=O) groups excluding carboxylic acids is 1. The molecule has 0 aromatic heterocycles. The maximum absolute atomic E-state index is 11.0. The number of hydrogen-bond donors (Lipinski definition) is 0. The van der Waals surface area contributed by atoms with Crippen LogP contribution in [0.4, 0.5) is 0 Å². The molecular weight excluding hydrogens is 180 g/mol. The van der Waals surface area contributed by atoms with Gasteiger partial charge in [-0.15, -0.1) is 0 Å². The first-order chi connectivity index (χ1) is 6.76. The minimum Gasteiger partial charge on any atom is -0.499 e. The fourth-order valence-corrected chi connectivity index (χ4v) is 1.69. The van der Waals surface area contributed by atoms with Crippen molar-refractivity contribution in [1.29, 1.82) is 0 Å². The van der Waals surface area contributed by atoms with E-state index in [1.807, 2.05) is 6.92 Å². The Balaban J connectivity index is 2.21. The fraction of sp³-hybridized carbons (Fsp3) is 0.727. The van der Waals surface area contributed by atoms with Gasteiger partial charge in [-0.25, -0.2) is 0 Å². The standard InChI is InChI=1S/C11H18O3/c1-3-11(12)14-10-7-5-9(6-8-10)13-4-2/h4,9-10H,2-3,5-8H2,1H3. The third kappa shape index (κ3) is 3.40. The molecular formula is C11H18O3. The van der Waals surface area contributed by atoms with Crippen LogP contribution in [0.1, 0.15) is 39.0 Å². The van der Waals surface area contributed by atoms with E-state index in [4.69, 9.17) is 9.47 Å². The summed E-state index contributed by atoms with van der Waals surface area (Å²) in [6.45, 7) is 5.34. The molecule has 0 spiro atoms. The molecule has 3 heteroatoms. The minimum atomic E-state index is -0.0990. The molecule has 1 aliphatic carbocycles. The lowest BCUT2D eigenvalue weighted by atomic mass is 9.95. The highest BCUT2D eigenvalue weighted by Crippen LogP contribution is 2.23. The molecule has 0 bridgehead atoms. The van der Waals surface area contributed by atoms with Gasteiger partial charge in [-0.05, 0) is 25.7 Å². The minimum absolute atomic E-state index is 0.0990. The topological polar surface area (TPSA) is 35.5 Å². The third-order valence-corrected chi connectivity index (χ3v) is 2.50. The summed E-state index contributed by atoms with van der Waals surface area (Å²) >= 11 is 0. The molecule has 0 heterocycles. The van der Waals surface area contributed by atoms with E-state index in [2.05, 4.69) is 6.58 Å². The van der Waals surface area contributed by atoms with Crippen LogP contribution in [0.5, 0.6) is 0 Å². The van der Waals surface area contributed by atoms with Crippen molar-refractivity contribution in [2.75, 3.05) is 0 Å². The van der Waals surface area contributed by atoms with Gasteiger partial charge in [0.25, 0.3) is 0 Å². The highest BCUT2D eigenvalue weighted by Gasteiger charge is 2.23. The molecule has 3 nitrogen and oxygen atoms in total. The maximum atomic E-state index is 11.0. The zero-order chi connectivity index (χ0) is 10.4. The SMILES string of the molecule is C=COC1CCC(OC(=O)CC)CC1. The van der Waals surface area contributed by atoms with Crippen molar-refractivity contribution in [1.82, 2.24) is 0 Å². The van der Waals surface area contributed by atoms with E-state index in [-0.39, 0.29) is 18.2 Å². The number of rotatable bonds is 4. The molecule has 1 fully saturated rings. The Hall–Kier alpha value is -0.990. The molecule has 0 radical (unpaired) electrons. The van der Waals surface area contributed by atoms with Gasteiger partial charge in [0.05, 0.1) is 12.4 Å². The Bertz CT molecular complexity index is 193. The summed E-state index contributed by atoms with van der Waals surface area (Å²) in [5.41, 5.74) is 0. The normalized spacial score (nSPS) is 26.6. The van der Waals surface area contributed by atoms with Gasteiger partial charge in [0.15, 0.2) is 0 Å². The lowest BCUT2D eigenvalue weighted by molar-refractivity contribution is -0.151. The van der Waals surface area contributed by atoms with Crippen molar-refractivity contribution >= 4 is 5.97 Å². The van der Waals surface area contributed by atoms with Crippen LogP contribution in [0.2, 0.25) is 0 Å². The molecule has 0 amide bonds. The molecule has 0 N–H and O–H groups in total. The van der Waals surface area contributed by atoms with Crippen LogP contribution >= 0.6 is 0 Å². The molecule has 0 atom stereocenters. The smallest absolute Gasteiger partial charge is 0.305 e. The quantitative estimate of drug-likeness (QED) is 0.514. The van der Waals surface area contributed by atoms with Crippen LogP contribution in [0.25, 0.3) is 0 Å². The lowest BCUT2D eigenvalue weighted by Gasteiger charge is -2.27. The first-order valence-electron chi connectivity index (χ1n) is 5.22. The summed E-state index contributed by atoms with van der Waals surface area (Å²) in [7, 11) is 0. The molecule has 1 rings (SSSR count). The Morgan fingerprint density at radius 1 is 1.36 bits per heavy atom. The summed E-state index contributed by atoms with van der Waals surface area (Å²) in [5.74, 6) is -0.0990. The molecule has 1 aliphatic rings. The number of ether oxygens (including phenoxy) is 2. The van der Waals surface area contributed by atoms with Crippen LogP contribution in [-0.4, -0.2) is 18.2 Å². The number of hydrogen-bond acceptors (Lipinski definition) is 3. The Morgan fingerprint density at radius 3 is 2.43 bits per heavy atom. The monoisotopic (exact) mass is 198 g/mol. The van der Waals surface area contributed by atoms with E-state index in [1.165, 1.54) is 6.26 Å². The third-order valence-electron chi connectivity index (χ3n) is 2.50. The van der Waals surface area contributed by atoms with Gasteiger partial charge in [0.2, 0.25) is 0 Å². The molecule has 0 aromatic carbocycles. The van der Waals surface area contributed by atoms with Crippen LogP contribution in [0.3, 0.4) is 0 Å². The van der Waals surface area contributed by atoms with Crippen molar-refractivity contribution in [2.24, 2.45) is 0 Å². The molecule has 0 aromatic rings. The van der Waals surface area contributed by atoms with Gasteiger partial charge in [-0.1, -0.05) is 13.5 Å². The summed E-state index contributed by atoms with van der Waals surface area (Å²) in [6.07, 6.45) is 6.04. The average molecular weight is 198 g/mol. The van der Waals surface area contributed by atoms with Crippen LogP contribution < -0.4 is 0 Å². The van der Waals surface area contributed by atoms with Crippen LogP contribution in [0, 0.1) is 0 Å². The Labute approximate surface area is 85.1 Å². The van der Waals surface area contributed by atoms with E-state index >= 15 is 0 Å². The first kappa shape index (κ1) is 11.1. The second-order valence-corrected chi connectivity index (χ2v) is 3.54. The highest BCUT2D eigenvalue weighted by molar-refractivity contribution is 5.69. The van der Waals surface area contributed by atoms with Gasteiger partial charge in [0, 0.05) is 6.42 Å². The van der Waals surface area contributed by atoms with Crippen LogP contribution in [-0.2, 0) is 14.3 Å². The molecule has 0 aliphatic heterocycles. The second kappa shape index (κ2) is 5.68. The molecule has 1 saturated carbocycles. The van der Waals surface area contributed by atoms with Crippen molar-refractivity contribution in [3.63, 3.8) is 0 Å². The van der Waals surface area contributed by atoms with Gasteiger partial charge >= 0.3 is 5.97 Å². The summed E-state index contributed by atoms with van der Waals surface area (Å²) in [5, 5.41) is 0. The van der Waals surface area contributed by atoms with Gasteiger partial charge in [0.1, 0.15) is 6.10 Å².